The Bertz CT molecular complexity index is 1170. The van der Waals surface area contributed by atoms with E-state index < -0.39 is 12.3 Å². The number of hydrogen-bond acceptors (Lipinski definition) is 9. The summed E-state index contributed by atoms with van der Waals surface area (Å²) in [5.74, 6) is 0.914. The fraction of sp³-hybridized carbons (Fsp3) is 0.278. The highest BCUT2D eigenvalue weighted by atomic mass is 19.1. The maximum atomic E-state index is 12.7. The molecule has 0 aliphatic heterocycles. The number of rotatable bonds is 6. The summed E-state index contributed by atoms with van der Waals surface area (Å²) in [5, 5.41) is 14.9. The molecule has 0 fully saturated rings. The van der Waals surface area contributed by atoms with Gasteiger partial charge in [-0.3, -0.25) is 0 Å². The van der Waals surface area contributed by atoms with Crippen LogP contribution in [0.2, 0.25) is 0 Å². The van der Waals surface area contributed by atoms with Crippen molar-refractivity contribution in [2.45, 2.75) is 19.4 Å². The molecule has 1 atom stereocenters. The van der Waals surface area contributed by atoms with Gasteiger partial charge in [0, 0.05) is 19.2 Å². The predicted molar refractivity (Wildman–Crippen MR) is 100 cm³/mol. The topological polar surface area (TPSA) is 138 Å². The Morgan fingerprint density at radius 2 is 2.10 bits per heavy atom. The molecule has 3 N–H and O–H groups in total. The number of nitrogens with zero attached hydrogens (tertiary/aromatic N) is 6. The number of aliphatic hydroxyl groups is 1. The van der Waals surface area contributed by atoms with E-state index in [-0.39, 0.29) is 24.4 Å². The lowest BCUT2D eigenvalue weighted by Crippen LogP contribution is -2.24. The number of anilines is 1. The van der Waals surface area contributed by atoms with E-state index in [4.69, 9.17) is 15.0 Å². The molecule has 4 aromatic rings. The van der Waals surface area contributed by atoms with E-state index in [2.05, 4.69) is 25.1 Å². The van der Waals surface area contributed by atoms with Crippen molar-refractivity contribution in [1.82, 2.24) is 29.7 Å². The van der Waals surface area contributed by atoms with Crippen LogP contribution >= 0.6 is 0 Å². The zero-order valence-electron chi connectivity index (χ0n) is 15.7. The lowest BCUT2D eigenvalue weighted by Gasteiger charge is -2.20. The van der Waals surface area contributed by atoms with Gasteiger partial charge in [0.25, 0.3) is 0 Å². The number of halogens is 1. The summed E-state index contributed by atoms with van der Waals surface area (Å²) in [7, 11) is 0. The minimum atomic E-state index is -1.52. The Morgan fingerprint density at radius 3 is 2.79 bits per heavy atom. The summed E-state index contributed by atoms with van der Waals surface area (Å²) in [6, 6.07) is 6.86. The second-order valence-electron chi connectivity index (χ2n) is 6.45. The second-order valence-corrected chi connectivity index (χ2v) is 6.45. The number of aryl methyl sites for hydroxylation is 1. The van der Waals surface area contributed by atoms with Crippen LogP contribution in [0.3, 0.4) is 0 Å². The normalized spacial score (nSPS) is 13.5. The Hall–Kier alpha value is -3.60. The molecule has 0 aliphatic rings. The molecule has 0 spiro atoms. The highest BCUT2D eigenvalue weighted by Gasteiger charge is 2.32. The highest BCUT2D eigenvalue weighted by Crippen LogP contribution is 2.32. The summed E-state index contributed by atoms with van der Waals surface area (Å²) >= 11 is 0. The van der Waals surface area contributed by atoms with Crippen LogP contribution in [-0.4, -0.2) is 48.0 Å². The van der Waals surface area contributed by atoms with Crippen molar-refractivity contribution in [3.05, 3.63) is 47.7 Å². The fourth-order valence-corrected chi connectivity index (χ4v) is 2.92. The molecule has 4 rings (SSSR count). The van der Waals surface area contributed by atoms with E-state index in [0.717, 1.165) is 0 Å². The minimum Gasteiger partial charge on any atom is -0.462 e. The van der Waals surface area contributed by atoms with Gasteiger partial charge in [0.05, 0.1) is 11.0 Å². The van der Waals surface area contributed by atoms with Crippen molar-refractivity contribution in [3.8, 4) is 11.8 Å². The lowest BCUT2D eigenvalue weighted by atomic mass is 9.95. The third-order valence-electron chi connectivity index (χ3n) is 4.35. The monoisotopic (exact) mass is 399 g/mol. The second kappa shape index (κ2) is 7.09. The Labute approximate surface area is 164 Å². The summed E-state index contributed by atoms with van der Waals surface area (Å²) < 4.78 is 24.7. The maximum absolute atomic E-state index is 12.7. The van der Waals surface area contributed by atoms with Crippen molar-refractivity contribution >= 4 is 17.0 Å². The van der Waals surface area contributed by atoms with Gasteiger partial charge in [-0.1, -0.05) is 11.2 Å². The van der Waals surface area contributed by atoms with E-state index in [1.807, 2.05) is 0 Å². The zero-order valence-corrected chi connectivity index (χ0v) is 15.7. The molecule has 0 saturated heterocycles. The first-order chi connectivity index (χ1) is 13.9. The van der Waals surface area contributed by atoms with Gasteiger partial charge in [0.15, 0.2) is 0 Å². The predicted octanol–water partition coefficient (Wildman–Crippen LogP) is 1.69. The van der Waals surface area contributed by atoms with Crippen LogP contribution in [0, 0.1) is 6.92 Å². The van der Waals surface area contributed by atoms with Crippen LogP contribution in [0.25, 0.3) is 16.9 Å². The number of alkyl halides is 1. The van der Waals surface area contributed by atoms with Gasteiger partial charge in [-0.15, -0.1) is 0 Å². The number of ether oxygens (including phenoxy) is 1. The largest absolute Gasteiger partial charge is 0.462 e. The molecular weight excluding hydrogens is 381 g/mol. The minimum absolute atomic E-state index is 0.0613. The van der Waals surface area contributed by atoms with Gasteiger partial charge in [-0.05, 0) is 24.6 Å². The molecule has 3 aromatic heterocycles. The molecular formula is C18H18FN7O3. The summed E-state index contributed by atoms with van der Waals surface area (Å²) in [6.07, 6.45) is 1.49. The van der Waals surface area contributed by atoms with E-state index >= 15 is 0 Å². The molecule has 11 heteroatoms. The van der Waals surface area contributed by atoms with E-state index in [1.165, 1.54) is 6.20 Å². The van der Waals surface area contributed by atoms with Crippen LogP contribution in [0.4, 0.5) is 10.3 Å². The van der Waals surface area contributed by atoms with Crippen molar-refractivity contribution in [2.75, 3.05) is 19.0 Å². The number of aromatic nitrogens is 6. The third kappa shape index (κ3) is 3.36. The number of hydrogen-bond donors (Lipinski definition) is 2. The summed E-state index contributed by atoms with van der Waals surface area (Å²) in [6.45, 7) is 2.35. The average Bonchev–Trinajstić information content (AvgIpc) is 3.29. The van der Waals surface area contributed by atoms with Crippen LogP contribution in [0.15, 0.2) is 35.0 Å². The molecule has 0 bridgehead atoms. The van der Waals surface area contributed by atoms with Crippen molar-refractivity contribution in [2.24, 2.45) is 0 Å². The smallest absolute Gasteiger partial charge is 0.303 e. The number of nitrogen functional groups attached to an aromatic ring is 1. The van der Waals surface area contributed by atoms with Crippen LogP contribution < -0.4 is 10.5 Å². The first kappa shape index (κ1) is 18.7. The number of fused-ring (bicyclic) bond motifs is 1. The molecule has 0 radical (unpaired) electrons. The van der Waals surface area contributed by atoms with Crippen LogP contribution in [-0.2, 0) is 5.60 Å². The summed E-state index contributed by atoms with van der Waals surface area (Å²) in [4.78, 5) is 16.6. The molecule has 0 amide bonds. The molecule has 0 unspecified atom stereocenters. The van der Waals surface area contributed by atoms with Crippen LogP contribution in [0.1, 0.15) is 24.2 Å². The zero-order chi connectivity index (χ0) is 20.6. The van der Waals surface area contributed by atoms with Gasteiger partial charge in [-0.2, -0.15) is 15.0 Å². The molecule has 3 heterocycles. The molecule has 29 heavy (non-hydrogen) atoms. The van der Waals surface area contributed by atoms with E-state index in [0.29, 0.717) is 28.3 Å². The Morgan fingerprint density at radius 1 is 1.28 bits per heavy atom. The first-order valence-electron chi connectivity index (χ1n) is 8.74. The number of benzene rings is 1. The average molecular weight is 399 g/mol. The molecule has 0 saturated carbocycles. The Balaban J connectivity index is 1.90. The standard InChI is InChI=1S/C18H18FN7O3/c1-10-22-15(25-29-10)18(2,27)11-3-4-12-13(9-11)26(17(23-12)28-8-6-19)14-5-7-21-16(20)24-14/h3-5,7,9,27H,6,8H2,1-2H3,(H2,20,21,24)/t18-/m1/s1. The maximum Gasteiger partial charge on any atom is 0.303 e. The highest BCUT2D eigenvalue weighted by molar-refractivity contribution is 5.80. The lowest BCUT2D eigenvalue weighted by molar-refractivity contribution is 0.0893. The van der Waals surface area contributed by atoms with Crippen molar-refractivity contribution in [3.63, 3.8) is 0 Å². The molecule has 0 aliphatic carbocycles. The van der Waals surface area contributed by atoms with Gasteiger partial charge in [0.2, 0.25) is 17.7 Å². The van der Waals surface area contributed by atoms with Gasteiger partial charge in [-0.25, -0.2) is 13.9 Å². The van der Waals surface area contributed by atoms with Crippen molar-refractivity contribution < 1.29 is 18.8 Å². The van der Waals surface area contributed by atoms with Gasteiger partial charge >= 0.3 is 6.01 Å². The van der Waals surface area contributed by atoms with E-state index in [1.54, 1.807) is 42.7 Å². The van der Waals surface area contributed by atoms with Crippen LogP contribution in [0.5, 0.6) is 6.01 Å². The first-order valence-corrected chi connectivity index (χ1v) is 8.74. The SMILES string of the molecule is Cc1nc([C@](C)(O)c2ccc3nc(OCCF)n(-c4ccnc(N)n4)c3c2)no1. The Kier molecular flexibility index (Phi) is 4.59. The quantitative estimate of drug-likeness (QED) is 0.496. The molecule has 10 nitrogen and oxygen atoms in total. The van der Waals surface area contributed by atoms with E-state index in [9.17, 15) is 9.50 Å². The fourth-order valence-electron chi connectivity index (χ4n) is 2.92. The van der Waals surface area contributed by atoms with Gasteiger partial charge in [0.1, 0.15) is 24.7 Å². The number of imidazole rings is 1. The summed E-state index contributed by atoms with van der Waals surface area (Å²) in [5.41, 5.74) is 5.80. The van der Waals surface area contributed by atoms with Gasteiger partial charge < -0.3 is 20.1 Å². The third-order valence-corrected chi connectivity index (χ3v) is 4.35. The molecule has 1 aromatic carbocycles. The molecule has 150 valence electrons. The van der Waals surface area contributed by atoms with Crippen molar-refractivity contribution in [1.29, 1.82) is 0 Å². The number of nitrogens with two attached hydrogens (primary N) is 1.